The number of carbonyl (C=O) groups is 1. The van der Waals surface area contributed by atoms with Gasteiger partial charge >= 0.3 is 0 Å². The van der Waals surface area contributed by atoms with E-state index >= 15 is 0 Å². The zero-order chi connectivity index (χ0) is 20.9. The summed E-state index contributed by atoms with van der Waals surface area (Å²) in [5.74, 6) is 2.03. The van der Waals surface area contributed by atoms with Gasteiger partial charge in [-0.25, -0.2) is 0 Å². The zero-order valence-corrected chi connectivity index (χ0v) is 17.9. The van der Waals surface area contributed by atoms with E-state index in [-0.39, 0.29) is 17.3 Å². The lowest BCUT2D eigenvalue weighted by molar-refractivity contribution is -0.133. The van der Waals surface area contributed by atoms with Crippen LogP contribution in [-0.4, -0.2) is 39.2 Å². The number of amides is 1. The van der Waals surface area contributed by atoms with Gasteiger partial charge in [-0.2, -0.15) is 4.98 Å². The number of benzene rings is 1. The van der Waals surface area contributed by atoms with E-state index < -0.39 is 0 Å². The first-order valence-corrected chi connectivity index (χ1v) is 10.9. The van der Waals surface area contributed by atoms with Gasteiger partial charge in [0.25, 0.3) is 0 Å². The Kier molecular flexibility index (Phi) is 4.64. The van der Waals surface area contributed by atoms with Gasteiger partial charge in [0.1, 0.15) is 0 Å². The van der Waals surface area contributed by atoms with E-state index in [1.807, 2.05) is 23.1 Å². The third-order valence-corrected chi connectivity index (χ3v) is 6.62. The average Bonchev–Trinajstić information content (AvgIpc) is 3.14. The minimum atomic E-state index is 0.206. The van der Waals surface area contributed by atoms with Crippen LogP contribution in [-0.2, 0) is 4.79 Å². The van der Waals surface area contributed by atoms with Gasteiger partial charge in [0, 0.05) is 36.4 Å². The van der Waals surface area contributed by atoms with Gasteiger partial charge in [-0.05, 0) is 55.2 Å². The molecule has 1 aliphatic carbocycles. The monoisotopic (exact) mass is 408 g/mol. The highest BCUT2D eigenvalue weighted by molar-refractivity contribution is 5.84. The molecular formula is C23H28N4O3. The second kappa shape index (κ2) is 7.22. The highest BCUT2D eigenvalue weighted by Gasteiger charge is 2.40. The van der Waals surface area contributed by atoms with Crippen LogP contribution in [0.5, 0.6) is 0 Å². The Labute approximate surface area is 175 Å². The van der Waals surface area contributed by atoms with Crippen LogP contribution < -0.4 is 0 Å². The first-order valence-electron chi connectivity index (χ1n) is 10.9. The first kappa shape index (κ1) is 19.3. The molecule has 3 aromatic rings. The molecule has 158 valence electrons. The maximum atomic E-state index is 12.5. The summed E-state index contributed by atoms with van der Waals surface area (Å²) in [4.78, 5) is 19.2. The van der Waals surface area contributed by atoms with Gasteiger partial charge in [-0.15, -0.1) is 0 Å². The fraction of sp³-hybridized carbons (Fsp3) is 0.565. The maximum Gasteiger partial charge on any atom is 0.230 e. The van der Waals surface area contributed by atoms with Crippen molar-refractivity contribution in [1.82, 2.24) is 20.2 Å². The van der Waals surface area contributed by atoms with Crippen LogP contribution in [0.25, 0.3) is 22.4 Å². The standard InChI is InChI=1S/C23H28N4O3/c1-14(2)20-17-12-16(4-5-18(17)29-25-20)21-24-22(30-26-21)15-6-10-27(11-7-15)19(28)13-23(3)8-9-23/h4-5,12,14-15H,6-11,13H2,1-3H3. The molecule has 0 unspecified atom stereocenters. The summed E-state index contributed by atoms with van der Waals surface area (Å²) >= 11 is 0. The normalized spacial score (nSPS) is 19.0. The Morgan fingerprint density at radius 3 is 2.67 bits per heavy atom. The van der Waals surface area contributed by atoms with E-state index in [1.165, 1.54) is 12.8 Å². The molecule has 30 heavy (non-hydrogen) atoms. The molecule has 2 fully saturated rings. The van der Waals surface area contributed by atoms with Crippen LogP contribution in [0.15, 0.2) is 27.2 Å². The van der Waals surface area contributed by atoms with Gasteiger partial charge in [0.05, 0.1) is 5.69 Å². The quantitative estimate of drug-likeness (QED) is 0.597. The lowest BCUT2D eigenvalue weighted by Gasteiger charge is -2.31. The third-order valence-electron chi connectivity index (χ3n) is 6.62. The summed E-state index contributed by atoms with van der Waals surface area (Å²) in [6, 6.07) is 5.87. The fourth-order valence-corrected chi connectivity index (χ4v) is 4.27. The van der Waals surface area contributed by atoms with Gasteiger partial charge in [-0.1, -0.05) is 31.1 Å². The molecule has 0 bridgehead atoms. The molecule has 1 amide bonds. The number of hydrogen-bond acceptors (Lipinski definition) is 6. The Hall–Kier alpha value is -2.70. The molecule has 5 rings (SSSR count). The maximum absolute atomic E-state index is 12.5. The van der Waals surface area contributed by atoms with Crippen molar-refractivity contribution in [2.75, 3.05) is 13.1 Å². The molecule has 0 N–H and O–H groups in total. The van der Waals surface area contributed by atoms with Crippen LogP contribution in [0.4, 0.5) is 0 Å². The zero-order valence-electron chi connectivity index (χ0n) is 17.9. The molecule has 1 saturated heterocycles. The van der Waals surface area contributed by atoms with Crippen molar-refractivity contribution >= 4 is 16.9 Å². The van der Waals surface area contributed by atoms with Crippen LogP contribution in [0, 0.1) is 5.41 Å². The van der Waals surface area contributed by atoms with Gasteiger partial charge in [0.2, 0.25) is 17.6 Å². The fourth-order valence-electron chi connectivity index (χ4n) is 4.27. The smallest absolute Gasteiger partial charge is 0.230 e. The summed E-state index contributed by atoms with van der Waals surface area (Å²) in [5, 5.41) is 9.40. The van der Waals surface area contributed by atoms with Crippen LogP contribution in [0.2, 0.25) is 0 Å². The number of carbonyl (C=O) groups excluding carboxylic acids is 1. The Balaban J connectivity index is 1.27. The number of aromatic nitrogens is 3. The predicted octanol–water partition coefficient (Wildman–Crippen LogP) is 4.90. The second-order valence-corrected chi connectivity index (χ2v) is 9.53. The van der Waals surface area contributed by atoms with Crippen molar-refractivity contribution in [3.63, 3.8) is 0 Å². The van der Waals surface area contributed by atoms with E-state index in [2.05, 4.69) is 36.1 Å². The molecule has 2 aliphatic rings. The summed E-state index contributed by atoms with van der Waals surface area (Å²) in [5.41, 5.74) is 2.86. The molecule has 7 heteroatoms. The van der Waals surface area contributed by atoms with Crippen molar-refractivity contribution in [1.29, 1.82) is 0 Å². The van der Waals surface area contributed by atoms with Crippen molar-refractivity contribution in [2.45, 2.75) is 64.7 Å². The molecular weight excluding hydrogens is 380 g/mol. The minimum absolute atomic E-state index is 0.206. The summed E-state index contributed by atoms with van der Waals surface area (Å²) in [7, 11) is 0. The summed E-state index contributed by atoms with van der Waals surface area (Å²) < 4.78 is 11.0. The van der Waals surface area contributed by atoms with Gasteiger partial charge in [0.15, 0.2) is 5.58 Å². The highest BCUT2D eigenvalue weighted by atomic mass is 16.5. The molecule has 2 aromatic heterocycles. The molecule has 1 aromatic carbocycles. The predicted molar refractivity (Wildman–Crippen MR) is 112 cm³/mol. The van der Waals surface area contributed by atoms with E-state index in [9.17, 15) is 4.79 Å². The highest BCUT2D eigenvalue weighted by Crippen LogP contribution is 2.48. The number of likely N-dealkylation sites (tertiary alicyclic amines) is 1. The molecule has 0 atom stereocenters. The number of piperidine rings is 1. The molecule has 1 aliphatic heterocycles. The Morgan fingerprint density at radius 2 is 1.97 bits per heavy atom. The molecule has 3 heterocycles. The van der Waals surface area contributed by atoms with E-state index in [4.69, 9.17) is 9.05 Å². The molecule has 0 radical (unpaired) electrons. The lowest BCUT2D eigenvalue weighted by Crippen LogP contribution is -2.38. The van der Waals surface area contributed by atoms with E-state index in [0.29, 0.717) is 24.0 Å². The lowest BCUT2D eigenvalue weighted by atomic mass is 9.95. The number of fused-ring (bicyclic) bond motifs is 1. The largest absolute Gasteiger partial charge is 0.356 e. The Bertz CT molecular complexity index is 1070. The summed E-state index contributed by atoms with van der Waals surface area (Å²) in [6.45, 7) is 7.93. The van der Waals surface area contributed by atoms with E-state index in [1.54, 1.807) is 0 Å². The Morgan fingerprint density at radius 1 is 1.20 bits per heavy atom. The van der Waals surface area contributed by atoms with E-state index in [0.717, 1.165) is 48.2 Å². The molecule has 1 saturated carbocycles. The summed E-state index contributed by atoms with van der Waals surface area (Å²) in [6.07, 6.45) is 4.78. The molecule has 7 nitrogen and oxygen atoms in total. The average molecular weight is 409 g/mol. The van der Waals surface area contributed by atoms with Crippen molar-refractivity contribution < 1.29 is 13.8 Å². The number of rotatable bonds is 5. The first-order chi connectivity index (χ1) is 14.4. The van der Waals surface area contributed by atoms with Crippen molar-refractivity contribution in [3.05, 3.63) is 29.8 Å². The van der Waals surface area contributed by atoms with Crippen LogP contribution in [0.3, 0.4) is 0 Å². The van der Waals surface area contributed by atoms with Gasteiger partial charge < -0.3 is 13.9 Å². The molecule has 0 spiro atoms. The van der Waals surface area contributed by atoms with Crippen molar-refractivity contribution in [2.24, 2.45) is 5.41 Å². The number of nitrogens with zero attached hydrogens (tertiary/aromatic N) is 4. The number of hydrogen-bond donors (Lipinski definition) is 0. The van der Waals surface area contributed by atoms with Gasteiger partial charge in [-0.3, -0.25) is 4.79 Å². The van der Waals surface area contributed by atoms with Crippen molar-refractivity contribution in [3.8, 4) is 11.4 Å². The second-order valence-electron chi connectivity index (χ2n) is 9.53. The minimum Gasteiger partial charge on any atom is -0.356 e. The van der Waals surface area contributed by atoms with Crippen LogP contribution >= 0.6 is 0 Å². The third kappa shape index (κ3) is 3.61. The van der Waals surface area contributed by atoms with Crippen LogP contribution in [0.1, 0.15) is 76.3 Å². The topological polar surface area (TPSA) is 85.3 Å². The SMILES string of the molecule is CC(C)c1noc2ccc(-c3noc(C4CCN(C(=O)CC5(C)CC5)CC4)n3)cc12.